The van der Waals surface area contributed by atoms with Crippen LogP contribution in [0.15, 0.2) is 17.5 Å². The number of carbonyl (C=O) groups is 1. The molecular formula is C12H17NO2S. The standard InChI is InChI=1S/C12H17NO2S/c14-12(8-10-3-5-13-9-10)15-6-4-11-2-1-7-16-11/h1-2,7,10,13H,3-6,8-9H2. The average Bonchev–Trinajstić information content (AvgIpc) is 2.90. The van der Waals surface area contributed by atoms with Crippen molar-refractivity contribution in [1.29, 1.82) is 0 Å². The number of ether oxygens (including phenoxy) is 1. The molecule has 3 nitrogen and oxygen atoms in total. The van der Waals surface area contributed by atoms with Gasteiger partial charge in [-0.2, -0.15) is 0 Å². The van der Waals surface area contributed by atoms with Gasteiger partial charge in [0.15, 0.2) is 0 Å². The molecule has 0 radical (unpaired) electrons. The van der Waals surface area contributed by atoms with Gasteiger partial charge in [0.2, 0.25) is 0 Å². The Bertz CT molecular complexity index is 318. The van der Waals surface area contributed by atoms with E-state index in [1.165, 1.54) is 4.88 Å². The third-order valence-electron chi connectivity index (χ3n) is 2.81. The van der Waals surface area contributed by atoms with E-state index in [0.717, 1.165) is 25.9 Å². The minimum atomic E-state index is -0.0507. The Labute approximate surface area is 99.8 Å². The lowest BCUT2D eigenvalue weighted by atomic mass is 10.1. The minimum absolute atomic E-state index is 0.0507. The lowest BCUT2D eigenvalue weighted by Gasteiger charge is -2.07. The number of hydrogen-bond acceptors (Lipinski definition) is 4. The van der Waals surface area contributed by atoms with Gasteiger partial charge in [0.25, 0.3) is 0 Å². The maximum atomic E-state index is 11.5. The number of hydrogen-bond donors (Lipinski definition) is 1. The minimum Gasteiger partial charge on any atom is -0.465 e. The molecule has 2 heterocycles. The average molecular weight is 239 g/mol. The number of carbonyl (C=O) groups excluding carboxylic acids is 1. The molecule has 1 aliphatic heterocycles. The highest BCUT2D eigenvalue weighted by Gasteiger charge is 2.18. The first-order chi connectivity index (χ1) is 7.84. The Balaban J connectivity index is 1.60. The van der Waals surface area contributed by atoms with E-state index in [2.05, 4.69) is 11.4 Å². The first kappa shape index (κ1) is 11.6. The second-order valence-electron chi connectivity index (χ2n) is 4.11. The Hall–Kier alpha value is -0.870. The zero-order chi connectivity index (χ0) is 11.2. The fourth-order valence-corrected chi connectivity index (χ4v) is 2.59. The van der Waals surface area contributed by atoms with Crippen LogP contribution in [-0.2, 0) is 16.0 Å². The molecule has 0 aromatic carbocycles. The van der Waals surface area contributed by atoms with Crippen LogP contribution >= 0.6 is 11.3 Å². The summed E-state index contributed by atoms with van der Waals surface area (Å²) in [5.74, 6) is 0.430. The van der Waals surface area contributed by atoms with Crippen LogP contribution < -0.4 is 5.32 Å². The summed E-state index contributed by atoms with van der Waals surface area (Å²) in [6.45, 7) is 2.51. The molecule has 4 heteroatoms. The quantitative estimate of drug-likeness (QED) is 0.797. The first-order valence-electron chi connectivity index (χ1n) is 5.73. The molecule has 1 aliphatic rings. The maximum Gasteiger partial charge on any atom is 0.306 e. The van der Waals surface area contributed by atoms with Crippen LogP contribution in [0.5, 0.6) is 0 Å². The van der Waals surface area contributed by atoms with Gasteiger partial charge in [-0.15, -0.1) is 11.3 Å². The van der Waals surface area contributed by atoms with Crippen molar-refractivity contribution in [3.8, 4) is 0 Å². The highest BCUT2D eigenvalue weighted by molar-refractivity contribution is 7.09. The molecule has 1 fully saturated rings. The fourth-order valence-electron chi connectivity index (χ4n) is 1.90. The molecule has 16 heavy (non-hydrogen) atoms. The molecule has 1 N–H and O–H groups in total. The smallest absolute Gasteiger partial charge is 0.306 e. The van der Waals surface area contributed by atoms with Gasteiger partial charge in [-0.05, 0) is 36.9 Å². The highest BCUT2D eigenvalue weighted by atomic mass is 32.1. The molecule has 0 aliphatic carbocycles. The number of nitrogens with one attached hydrogen (secondary N) is 1. The maximum absolute atomic E-state index is 11.5. The summed E-state index contributed by atoms with van der Waals surface area (Å²) in [5, 5.41) is 5.29. The fraction of sp³-hybridized carbons (Fsp3) is 0.583. The van der Waals surface area contributed by atoms with Crippen molar-refractivity contribution in [2.24, 2.45) is 5.92 Å². The summed E-state index contributed by atoms with van der Waals surface area (Å²) in [4.78, 5) is 12.8. The van der Waals surface area contributed by atoms with Crippen molar-refractivity contribution in [3.63, 3.8) is 0 Å². The second kappa shape index (κ2) is 6.01. The van der Waals surface area contributed by atoms with Gasteiger partial charge in [-0.1, -0.05) is 6.07 Å². The second-order valence-corrected chi connectivity index (χ2v) is 5.15. The Morgan fingerprint density at radius 2 is 2.56 bits per heavy atom. The molecule has 1 saturated heterocycles. The number of rotatable bonds is 5. The van der Waals surface area contributed by atoms with E-state index in [1.807, 2.05) is 11.4 Å². The van der Waals surface area contributed by atoms with Crippen molar-refractivity contribution in [2.45, 2.75) is 19.3 Å². The van der Waals surface area contributed by atoms with Crippen LogP contribution in [0.1, 0.15) is 17.7 Å². The van der Waals surface area contributed by atoms with E-state index in [0.29, 0.717) is 18.9 Å². The molecular weight excluding hydrogens is 222 g/mol. The molecule has 0 spiro atoms. The van der Waals surface area contributed by atoms with E-state index in [-0.39, 0.29) is 5.97 Å². The normalized spacial score (nSPS) is 19.9. The molecule has 2 rings (SSSR count). The lowest BCUT2D eigenvalue weighted by molar-refractivity contribution is -0.144. The van der Waals surface area contributed by atoms with E-state index < -0.39 is 0 Å². The molecule has 0 bridgehead atoms. The predicted octanol–water partition coefficient (Wildman–Crippen LogP) is 1.83. The van der Waals surface area contributed by atoms with Crippen LogP contribution in [0, 0.1) is 5.92 Å². The molecule has 0 saturated carbocycles. The van der Waals surface area contributed by atoms with Gasteiger partial charge >= 0.3 is 5.97 Å². The van der Waals surface area contributed by atoms with Crippen LogP contribution in [0.4, 0.5) is 0 Å². The third-order valence-corrected chi connectivity index (χ3v) is 3.75. The molecule has 1 unspecified atom stereocenters. The third kappa shape index (κ3) is 3.61. The SMILES string of the molecule is O=C(CC1CCNC1)OCCc1cccs1. The monoisotopic (exact) mass is 239 g/mol. The van der Waals surface area contributed by atoms with E-state index >= 15 is 0 Å². The van der Waals surface area contributed by atoms with Crippen molar-refractivity contribution in [1.82, 2.24) is 5.32 Å². The highest BCUT2D eigenvalue weighted by Crippen LogP contribution is 2.13. The first-order valence-corrected chi connectivity index (χ1v) is 6.61. The lowest BCUT2D eigenvalue weighted by Crippen LogP contribution is -2.15. The molecule has 1 aromatic rings. The van der Waals surface area contributed by atoms with Crippen molar-refractivity contribution < 1.29 is 9.53 Å². The van der Waals surface area contributed by atoms with Gasteiger partial charge in [0.1, 0.15) is 0 Å². The summed E-state index contributed by atoms with van der Waals surface area (Å²) in [7, 11) is 0. The summed E-state index contributed by atoms with van der Waals surface area (Å²) in [5.41, 5.74) is 0. The predicted molar refractivity (Wildman–Crippen MR) is 64.6 cm³/mol. The van der Waals surface area contributed by atoms with Gasteiger partial charge in [-0.3, -0.25) is 4.79 Å². The van der Waals surface area contributed by atoms with Crippen LogP contribution in [0.25, 0.3) is 0 Å². The van der Waals surface area contributed by atoms with Crippen molar-refractivity contribution in [2.75, 3.05) is 19.7 Å². The van der Waals surface area contributed by atoms with Crippen LogP contribution in [-0.4, -0.2) is 25.7 Å². The van der Waals surface area contributed by atoms with Crippen LogP contribution in [0.2, 0.25) is 0 Å². The molecule has 0 amide bonds. The van der Waals surface area contributed by atoms with Crippen LogP contribution in [0.3, 0.4) is 0 Å². The van der Waals surface area contributed by atoms with Gasteiger partial charge in [0, 0.05) is 17.7 Å². The largest absolute Gasteiger partial charge is 0.465 e. The van der Waals surface area contributed by atoms with Gasteiger partial charge < -0.3 is 10.1 Å². The Morgan fingerprint density at radius 3 is 3.25 bits per heavy atom. The zero-order valence-electron chi connectivity index (χ0n) is 9.28. The van der Waals surface area contributed by atoms with Crippen molar-refractivity contribution >= 4 is 17.3 Å². The number of esters is 1. The Morgan fingerprint density at radius 1 is 1.62 bits per heavy atom. The number of thiophene rings is 1. The topological polar surface area (TPSA) is 38.3 Å². The van der Waals surface area contributed by atoms with E-state index in [4.69, 9.17) is 4.74 Å². The molecule has 88 valence electrons. The summed E-state index contributed by atoms with van der Waals surface area (Å²) >= 11 is 1.71. The Kier molecular flexibility index (Phi) is 4.36. The van der Waals surface area contributed by atoms with Gasteiger partial charge in [-0.25, -0.2) is 0 Å². The van der Waals surface area contributed by atoms with E-state index in [9.17, 15) is 4.79 Å². The zero-order valence-corrected chi connectivity index (χ0v) is 10.1. The van der Waals surface area contributed by atoms with Crippen molar-refractivity contribution in [3.05, 3.63) is 22.4 Å². The molecule has 1 aromatic heterocycles. The summed E-state index contributed by atoms with van der Waals surface area (Å²) < 4.78 is 5.22. The van der Waals surface area contributed by atoms with E-state index in [1.54, 1.807) is 11.3 Å². The summed E-state index contributed by atoms with van der Waals surface area (Å²) in [6.07, 6.45) is 2.50. The summed E-state index contributed by atoms with van der Waals surface area (Å²) in [6, 6.07) is 4.09. The molecule has 1 atom stereocenters. The van der Waals surface area contributed by atoms with Gasteiger partial charge in [0.05, 0.1) is 6.61 Å².